The average Bonchev–Trinajstić information content (AvgIpc) is 2.17. The van der Waals surface area contributed by atoms with Gasteiger partial charge in [-0.1, -0.05) is 24.7 Å². The van der Waals surface area contributed by atoms with Crippen molar-refractivity contribution in [3.63, 3.8) is 0 Å². The highest BCUT2D eigenvalue weighted by molar-refractivity contribution is 6.24. The Bertz CT molecular complexity index is 361. The Morgan fingerprint density at radius 2 is 1.85 bits per heavy atom. The van der Waals surface area contributed by atoms with Crippen molar-refractivity contribution in [1.82, 2.24) is 0 Å². The van der Waals surface area contributed by atoms with Crippen molar-refractivity contribution < 1.29 is 0 Å². The molecular formula is C10H7BN2. The van der Waals surface area contributed by atoms with E-state index >= 15 is 0 Å². The highest BCUT2D eigenvalue weighted by Gasteiger charge is 1.92. The third-order valence-corrected chi connectivity index (χ3v) is 1.25. The van der Waals surface area contributed by atoms with Crippen molar-refractivity contribution in [1.29, 1.82) is 10.5 Å². The molecule has 0 N–H and O–H groups in total. The summed E-state index contributed by atoms with van der Waals surface area (Å²) in [5.41, 5.74) is 0.820. The van der Waals surface area contributed by atoms with Gasteiger partial charge in [0.05, 0.1) is 12.1 Å². The van der Waals surface area contributed by atoms with Gasteiger partial charge in [-0.2, -0.15) is 10.5 Å². The van der Waals surface area contributed by atoms with Gasteiger partial charge in [-0.25, -0.2) is 0 Å². The van der Waals surface area contributed by atoms with Gasteiger partial charge in [0.15, 0.2) is 0 Å². The summed E-state index contributed by atoms with van der Waals surface area (Å²) in [4.78, 5) is 0. The molecule has 0 saturated heterocycles. The SMILES string of the molecule is [B]/C(C=C)=C(C#N)/C=C\C(=C)C#N. The van der Waals surface area contributed by atoms with Crippen LogP contribution in [0.25, 0.3) is 0 Å². The summed E-state index contributed by atoms with van der Waals surface area (Å²) in [5.74, 6) is 0. The molecule has 0 unspecified atom stereocenters. The lowest BCUT2D eigenvalue weighted by molar-refractivity contribution is 1.48. The largest absolute Gasteiger partial charge is 0.192 e. The highest BCUT2D eigenvalue weighted by atomic mass is 14.2. The van der Waals surface area contributed by atoms with E-state index in [1.165, 1.54) is 18.2 Å². The van der Waals surface area contributed by atoms with Crippen molar-refractivity contribution in [3.05, 3.63) is 48.0 Å². The predicted molar refractivity (Wildman–Crippen MR) is 52.5 cm³/mol. The molecule has 0 aromatic rings. The fourth-order valence-electron chi connectivity index (χ4n) is 0.529. The van der Waals surface area contributed by atoms with Gasteiger partial charge in [-0.15, -0.1) is 0 Å². The normalized spacial score (nSPS) is 11.2. The van der Waals surface area contributed by atoms with Crippen molar-refractivity contribution in [2.24, 2.45) is 0 Å². The van der Waals surface area contributed by atoms with Crippen molar-refractivity contribution in [3.8, 4) is 12.1 Å². The molecule has 0 atom stereocenters. The van der Waals surface area contributed by atoms with E-state index < -0.39 is 0 Å². The van der Waals surface area contributed by atoms with Crippen LogP contribution in [0.1, 0.15) is 0 Å². The zero-order valence-corrected chi connectivity index (χ0v) is 7.12. The van der Waals surface area contributed by atoms with Crippen LogP contribution in [0.5, 0.6) is 0 Å². The van der Waals surface area contributed by atoms with Crippen LogP contribution in [0.15, 0.2) is 48.0 Å². The van der Waals surface area contributed by atoms with Gasteiger partial charge >= 0.3 is 0 Å². The van der Waals surface area contributed by atoms with Crippen LogP contribution in [0.4, 0.5) is 0 Å². The van der Waals surface area contributed by atoms with E-state index in [0.29, 0.717) is 0 Å². The number of nitriles is 2. The average molecular weight is 166 g/mol. The van der Waals surface area contributed by atoms with Gasteiger partial charge < -0.3 is 0 Å². The van der Waals surface area contributed by atoms with E-state index in [1.807, 2.05) is 12.1 Å². The first-order valence-corrected chi connectivity index (χ1v) is 3.45. The summed E-state index contributed by atoms with van der Waals surface area (Å²) in [6.07, 6.45) is 4.23. The maximum Gasteiger partial charge on any atom is 0.115 e. The molecule has 0 amide bonds. The minimum atomic E-state index is 0.268. The molecule has 0 bridgehead atoms. The van der Waals surface area contributed by atoms with E-state index in [1.54, 1.807) is 0 Å². The van der Waals surface area contributed by atoms with E-state index in [2.05, 4.69) is 13.2 Å². The number of rotatable bonds is 3. The molecule has 0 saturated carbocycles. The maximum absolute atomic E-state index is 8.61. The summed E-state index contributed by atoms with van der Waals surface area (Å²) < 4.78 is 0. The molecule has 0 aliphatic heterocycles. The van der Waals surface area contributed by atoms with Gasteiger partial charge in [0.2, 0.25) is 0 Å². The lowest BCUT2D eigenvalue weighted by atomic mass is 9.90. The van der Waals surface area contributed by atoms with Gasteiger partial charge in [0, 0.05) is 11.1 Å². The van der Waals surface area contributed by atoms with E-state index in [4.69, 9.17) is 18.4 Å². The summed E-state index contributed by atoms with van der Waals surface area (Å²) in [6, 6.07) is 3.70. The first kappa shape index (κ1) is 11.0. The second-order valence-corrected chi connectivity index (χ2v) is 2.16. The van der Waals surface area contributed by atoms with E-state index in [9.17, 15) is 0 Å². The Morgan fingerprint density at radius 3 is 2.23 bits per heavy atom. The first-order valence-electron chi connectivity index (χ1n) is 3.45. The molecule has 0 heterocycles. The number of hydrogen-bond acceptors (Lipinski definition) is 2. The predicted octanol–water partition coefficient (Wildman–Crippen LogP) is 1.75. The smallest absolute Gasteiger partial charge is 0.115 e. The Kier molecular flexibility index (Phi) is 4.77. The third kappa shape index (κ3) is 3.79. The van der Waals surface area contributed by atoms with Gasteiger partial charge in [-0.3, -0.25) is 0 Å². The van der Waals surface area contributed by atoms with E-state index in [0.717, 1.165) is 0 Å². The number of allylic oxidation sites excluding steroid dienone is 6. The lowest BCUT2D eigenvalue weighted by Crippen LogP contribution is -1.82. The molecule has 0 aliphatic rings. The maximum atomic E-state index is 8.61. The molecule has 0 spiro atoms. The van der Waals surface area contributed by atoms with Gasteiger partial charge in [0.1, 0.15) is 7.85 Å². The van der Waals surface area contributed by atoms with Crippen molar-refractivity contribution in [2.75, 3.05) is 0 Å². The molecule has 13 heavy (non-hydrogen) atoms. The molecule has 2 radical (unpaired) electrons. The monoisotopic (exact) mass is 166 g/mol. The van der Waals surface area contributed by atoms with Crippen LogP contribution in [-0.4, -0.2) is 7.85 Å². The topological polar surface area (TPSA) is 47.6 Å². The first-order chi connectivity index (χ1) is 6.15. The third-order valence-electron chi connectivity index (χ3n) is 1.25. The highest BCUT2D eigenvalue weighted by Crippen LogP contribution is 2.04. The van der Waals surface area contributed by atoms with Crippen molar-refractivity contribution >= 4 is 7.85 Å². The fourth-order valence-corrected chi connectivity index (χ4v) is 0.529. The zero-order valence-electron chi connectivity index (χ0n) is 7.12. The van der Waals surface area contributed by atoms with Gasteiger partial charge in [0.25, 0.3) is 0 Å². The van der Waals surface area contributed by atoms with Crippen LogP contribution >= 0.6 is 0 Å². The lowest BCUT2D eigenvalue weighted by Gasteiger charge is -1.92. The number of hydrogen-bond donors (Lipinski definition) is 0. The molecule has 0 aliphatic carbocycles. The molecule has 0 aromatic heterocycles. The molecule has 0 fully saturated rings. The van der Waals surface area contributed by atoms with Crippen LogP contribution in [0.3, 0.4) is 0 Å². The Balaban J connectivity index is 4.81. The van der Waals surface area contributed by atoms with Crippen molar-refractivity contribution in [2.45, 2.75) is 0 Å². The molecule has 3 heteroatoms. The Labute approximate surface area is 79.2 Å². The van der Waals surface area contributed by atoms with Crippen LogP contribution in [-0.2, 0) is 0 Å². The molecule has 0 rings (SSSR count). The molecule has 0 aromatic carbocycles. The molecule has 60 valence electrons. The summed E-state index contributed by atoms with van der Waals surface area (Å²) in [7, 11) is 5.43. The summed E-state index contributed by atoms with van der Waals surface area (Å²) >= 11 is 0. The quantitative estimate of drug-likeness (QED) is 0.364. The molecule has 2 nitrogen and oxygen atoms in total. The van der Waals surface area contributed by atoms with Crippen LogP contribution < -0.4 is 0 Å². The minimum Gasteiger partial charge on any atom is -0.192 e. The zero-order chi connectivity index (χ0) is 10.3. The van der Waals surface area contributed by atoms with Crippen LogP contribution in [0.2, 0.25) is 0 Å². The fraction of sp³-hybridized carbons (Fsp3) is 0. The Hall–Kier alpha value is -2.00. The van der Waals surface area contributed by atoms with E-state index in [-0.39, 0.29) is 16.6 Å². The van der Waals surface area contributed by atoms with Gasteiger partial charge in [-0.05, 0) is 12.2 Å². The summed E-state index contributed by atoms with van der Waals surface area (Å²) in [5, 5.41) is 17.0. The Morgan fingerprint density at radius 1 is 1.23 bits per heavy atom. The number of nitrogens with zero attached hydrogens (tertiary/aromatic N) is 2. The minimum absolute atomic E-state index is 0.268. The second-order valence-electron chi connectivity index (χ2n) is 2.16. The van der Waals surface area contributed by atoms with Crippen LogP contribution in [0, 0.1) is 22.7 Å². The molecular weight excluding hydrogens is 159 g/mol. The summed E-state index contributed by atoms with van der Waals surface area (Å²) in [6.45, 7) is 6.84. The second kappa shape index (κ2) is 5.63. The standard InChI is InChI=1S/C10H7BN2/c1-3-10(11)9(7-13)5-4-8(2)6-12/h3-5H,1-2H2/b5-4-,10-9-.